The minimum atomic E-state index is -0.0170. The molecule has 1 aromatic rings. The van der Waals surface area contributed by atoms with Crippen molar-refractivity contribution in [2.24, 2.45) is 5.92 Å². The van der Waals surface area contributed by atoms with Crippen LogP contribution in [0.5, 0.6) is 5.75 Å². The van der Waals surface area contributed by atoms with Gasteiger partial charge in [0, 0.05) is 11.4 Å². The van der Waals surface area contributed by atoms with Crippen LogP contribution in [0.4, 0.5) is 5.69 Å². The average Bonchev–Trinajstić information content (AvgIpc) is 2.86. The maximum absolute atomic E-state index is 12.1. The largest absolute Gasteiger partial charge is 0.491 e. The Kier molecular flexibility index (Phi) is 5.49. The molecule has 0 radical (unpaired) electrons. The Morgan fingerprint density at radius 1 is 1.55 bits per heavy atom. The lowest BCUT2D eigenvalue weighted by molar-refractivity contribution is -0.116. The number of amides is 1. The summed E-state index contributed by atoms with van der Waals surface area (Å²) in [5.41, 5.74) is 0.609. The van der Waals surface area contributed by atoms with Crippen molar-refractivity contribution in [3.8, 4) is 5.75 Å². The van der Waals surface area contributed by atoms with E-state index in [9.17, 15) is 4.79 Å². The van der Waals surface area contributed by atoms with E-state index >= 15 is 0 Å². The molecule has 0 bridgehead atoms. The van der Waals surface area contributed by atoms with E-state index in [1.54, 1.807) is 12.1 Å². The Morgan fingerprint density at radius 3 is 3.00 bits per heavy atom. The fourth-order valence-corrected chi connectivity index (χ4v) is 3.17. The van der Waals surface area contributed by atoms with Crippen LogP contribution in [-0.2, 0) is 4.79 Å². The van der Waals surface area contributed by atoms with Crippen LogP contribution in [0.15, 0.2) is 28.8 Å². The zero-order valence-corrected chi connectivity index (χ0v) is 13.6. The first-order chi connectivity index (χ1) is 9.60. The van der Waals surface area contributed by atoms with Crippen molar-refractivity contribution in [1.29, 1.82) is 0 Å². The molecule has 0 fully saturated rings. The normalized spacial score (nSPS) is 17.2. The van der Waals surface area contributed by atoms with Crippen molar-refractivity contribution in [2.45, 2.75) is 26.2 Å². The molecule has 0 aliphatic heterocycles. The smallest absolute Gasteiger partial charge is 0.225 e. The summed E-state index contributed by atoms with van der Waals surface area (Å²) in [6.07, 6.45) is 6.83. The molecule has 1 unspecified atom stereocenters. The number of halogens is 2. The number of carbonyl (C=O) groups is 1. The number of hydrogen-bond donors (Lipinski definition) is 1. The van der Waals surface area contributed by atoms with Gasteiger partial charge in [-0.05, 0) is 53.7 Å². The zero-order valence-electron chi connectivity index (χ0n) is 11.3. The molecule has 1 aliphatic rings. The van der Waals surface area contributed by atoms with Crippen LogP contribution in [0.25, 0.3) is 0 Å². The minimum absolute atomic E-state index is 0.0170. The Balaban J connectivity index is 2.10. The molecule has 1 atom stereocenters. The van der Waals surface area contributed by atoms with Crippen molar-refractivity contribution in [2.75, 3.05) is 11.9 Å². The van der Waals surface area contributed by atoms with E-state index in [0.29, 0.717) is 35.4 Å². The van der Waals surface area contributed by atoms with Crippen molar-refractivity contribution in [3.63, 3.8) is 0 Å². The Bertz CT molecular complexity index is 531. The standard InChI is InChI=1S/C15H17BrClNO2/c1-2-20-15-12(16)8-11(17)9-13(15)18-14(19)7-10-5-3-4-6-10/h3,5,8-10H,2,4,6-7H2,1H3,(H,18,19). The topological polar surface area (TPSA) is 38.3 Å². The summed E-state index contributed by atoms with van der Waals surface area (Å²) in [6.45, 7) is 2.42. The van der Waals surface area contributed by atoms with Gasteiger partial charge in [-0.2, -0.15) is 0 Å². The lowest BCUT2D eigenvalue weighted by Gasteiger charge is -2.15. The molecule has 0 aromatic heterocycles. The molecule has 3 nitrogen and oxygen atoms in total. The third-order valence-corrected chi connectivity index (χ3v) is 3.94. The number of hydrogen-bond acceptors (Lipinski definition) is 2. The van der Waals surface area contributed by atoms with E-state index < -0.39 is 0 Å². The minimum Gasteiger partial charge on any atom is -0.491 e. The molecule has 0 saturated heterocycles. The maximum atomic E-state index is 12.1. The van der Waals surface area contributed by atoms with Gasteiger partial charge in [0.1, 0.15) is 0 Å². The summed E-state index contributed by atoms with van der Waals surface area (Å²) >= 11 is 9.43. The van der Waals surface area contributed by atoms with Gasteiger partial charge < -0.3 is 10.1 Å². The van der Waals surface area contributed by atoms with Crippen LogP contribution in [0.3, 0.4) is 0 Å². The number of allylic oxidation sites excluding steroid dienone is 2. The molecule has 108 valence electrons. The van der Waals surface area contributed by atoms with Crippen LogP contribution in [0, 0.1) is 5.92 Å². The maximum Gasteiger partial charge on any atom is 0.225 e. The number of ether oxygens (including phenoxy) is 1. The lowest BCUT2D eigenvalue weighted by atomic mass is 10.1. The Morgan fingerprint density at radius 2 is 2.35 bits per heavy atom. The van der Waals surface area contributed by atoms with Crippen LogP contribution in [0.1, 0.15) is 26.2 Å². The highest BCUT2D eigenvalue weighted by molar-refractivity contribution is 9.10. The molecule has 1 aromatic carbocycles. The molecular formula is C15H17BrClNO2. The second-order valence-corrected chi connectivity index (χ2v) is 6.01. The molecule has 1 aliphatic carbocycles. The highest BCUT2D eigenvalue weighted by Crippen LogP contribution is 2.37. The van der Waals surface area contributed by atoms with Gasteiger partial charge in [0.2, 0.25) is 5.91 Å². The molecule has 5 heteroatoms. The molecule has 2 rings (SSSR count). The highest BCUT2D eigenvalue weighted by atomic mass is 79.9. The van der Waals surface area contributed by atoms with Gasteiger partial charge in [-0.25, -0.2) is 0 Å². The first kappa shape index (κ1) is 15.4. The third-order valence-electron chi connectivity index (χ3n) is 3.13. The molecule has 1 amide bonds. The number of benzene rings is 1. The fraction of sp³-hybridized carbons (Fsp3) is 0.400. The monoisotopic (exact) mass is 357 g/mol. The zero-order chi connectivity index (χ0) is 14.5. The van der Waals surface area contributed by atoms with Crippen LogP contribution in [0.2, 0.25) is 5.02 Å². The average molecular weight is 359 g/mol. The van der Waals surface area contributed by atoms with E-state index in [2.05, 4.69) is 33.4 Å². The van der Waals surface area contributed by atoms with Crippen LogP contribution in [-0.4, -0.2) is 12.5 Å². The number of nitrogens with one attached hydrogen (secondary N) is 1. The SMILES string of the molecule is CCOc1c(Br)cc(Cl)cc1NC(=O)CC1C=CCC1. The van der Waals surface area contributed by atoms with E-state index in [4.69, 9.17) is 16.3 Å². The van der Waals surface area contributed by atoms with E-state index in [-0.39, 0.29) is 5.91 Å². The van der Waals surface area contributed by atoms with Crippen molar-refractivity contribution in [1.82, 2.24) is 0 Å². The van der Waals surface area contributed by atoms with E-state index in [0.717, 1.165) is 17.3 Å². The Hall–Kier alpha value is -1.00. The predicted molar refractivity (Wildman–Crippen MR) is 85.4 cm³/mol. The third kappa shape index (κ3) is 4.00. The van der Waals surface area contributed by atoms with Gasteiger partial charge in [0.15, 0.2) is 5.75 Å². The summed E-state index contributed by atoms with van der Waals surface area (Å²) in [7, 11) is 0. The van der Waals surface area contributed by atoms with Gasteiger partial charge in [-0.15, -0.1) is 0 Å². The predicted octanol–water partition coefficient (Wildman–Crippen LogP) is 4.80. The Labute approximate surface area is 132 Å². The molecular weight excluding hydrogens is 342 g/mol. The number of anilines is 1. The molecule has 20 heavy (non-hydrogen) atoms. The molecule has 0 saturated carbocycles. The van der Waals surface area contributed by atoms with Crippen LogP contribution >= 0.6 is 27.5 Å². The lowest BCUT2D eigenvalue weighted by Crippen LogP contribution is -2.15. The first-order valence-electron chi connectivity index (χ1n) is 6.68. The second kappa shape index (κ2) is 7.14. The molecule has 0 heterocycles. The first-order valence-corrected chi connectivity index (χ1v) is 7.85. The fourth-order valence-electron chi connectivity index (χ4n) is 2.25. The van der Waals surface area contributed by atoms with Gasteiger partial charge in [0.25, 0.3) is 0 Å². The van der Waals surface area contributed by atoms with Gasteiger partial charge in [0.05, 0.1) is 16.8 Å². The van der Waals surface area contributed by atoms with E-state index in [1.807, 2.05) is 6.92 Å². The highest BCUT2D eigenvalue weighted by Gasteiger charge is 2.17. The summed E-state index contributed by atoms with van der Waals surface area (Å²) in [4.78, 5) is 12.1. The summed E-state index contributed by atoms with van der Waals surface area (Å²) in [6, 6.07) is 3.46. The second-order valence-electron chi connectivity index (χ2n) is 4.72. The summed E-state index contributed by atoms with van der Waals surface area (Å²) in [5, 5.41) is 3.44. The van der Waals surface area contributed by atoms with Crippen molar-refractivity contribution in [3.05, 3.63) is 33.8 Å². The summed E-state index contributed by atoms with van der Waals surface area (Å²) in [5.74, 6) is 0.942. The molecule has 1 N–H and O–H groups in total. The number of rotatable bonds is 5. The van der Waals surface area contributed by atoms with Crippen LogP contribution < -0.4 is 10.1 Å². The number of carbonyl (C=O) groups excluding carboxylic acids is 1. The van der Waals surface area contributed by atoms with Gasteiger partial charge >= 0.3 is 0 Å². The van der Waals surface area contributed by atoms with Crippen molar-refractivity contribution >= 4 is 39.1 Å². The summed E-state index contributed by atoms with van der Waals surface area (Å²) < 4.78 is 6.30. The van der Waals surface area contributed by atoms with E-state index in [1.165, 1.54) is 0 Å². The quantitative estimate of drug-likeness (QED) is 0.768. The molecule has 0 spiro atoms. The van der Waals surface area contributed by atoms with Gasteiger partial charge in [-0.1, -0.05) is 23.8 Å². The van der Waals surface area contributed by atoms with Crippen molar-refractivity contribution < 1.29 is 9.53 Å². The van der Waals surface area contributed by atoms with Gasteiger partial charge in [-0.3, -0.25) is 4.79 Å².